The minimum atomic E-state index is 0.669. The lowest BCUT2D eigenvalue weighted by atomic mass is 10.1. The standard InChI is InChI=1S/C22H28N6/c1-17-14-18(2)28(27-17)21-12-11-20(15-25-21)16-26-22(23-3)24-13-7-10-19-8-5-4-6-9-19/h4-6,8-9,11-12,14-15H,7,10,13,16H2,1-3H3,(H2,23,24,26). The molecule has 6 heteroatoms. The van der Waals surface area contributed by atoms with Crippen LogP contribution in [0, 0.1) is 13.8 Å². The van der Waals surface area contributed by atoms with Crippen LogP contribution in [-0.4, -0.2) is 34.3 Å². The summed E-state index contributed by atoms with van der Waals surface area (Å²) < 4.78 is 1.86. The number of hydrogen-bond acceptors (Lipinski definition) is 3. The van der Waals surface area contributed by atoms with Gasteiger partial charge in [0.15, 0.2) is 11.8 Å². The Bertz CT molecular complexity index is 897. The molecule has 0 spiro atoms. The molecule has 2 N–H and O–H groups in total. The summed E-state index contributed by atoms with van der Waals surface area (Å²) in [7, 11) is 1.79. The molecule has 0 fully saturated rings. The lowest BCUT2D eigenvalue weighted by Crippen LogP contribution is -2.37. The number of aryl methyl sites for hydroxylation is 3. The van der Waals surface area contributed by atoms with Crippen molar-refractivity contribution in [1.29, 1.82) is 0 Å². The Kier molecular flexibility index (Phi) is 6.78. The van der Waals surface area contributed by atoms with Gasteiger partial charge in [0.05, 0.1) is 5.69 Å². The van der Waals surface area contributed by atoms with Gasteiger partial charge in [-0.15, -0.1) is 0 Å². The predicted molar refractivity (Wildman–Crippen MR) is 114 cm³/mol. The lowest BCUT2D eigenvalue weighted by Gasteiger charge is -2.12. The van der Waals surface area contributed by atoms with Gasteiger partial charge in [0.1, 0.15) is 0 Å². The molecule has 0 atom stereocenters. The summed E-state index contributed by atoms with van der Waals surface area (Å²) >= 11 is 0. The van der Waals surface area contributed by atoms with Gasteiger partial charge in [0, 0.05) is 32.0 Å². The first-order valence-electron chi connectivity index (χ1n) is 9.63. The zero-order valence-electron chi connectivity index (χ0n) is 16.8. The van der Waals surface area contributed by atoms with Crippen LogP contribution in [0.2, 0.25) is 0 Å². The van der Waals surface area contributed by atoms with Crippen LogP contribution in [0.1, 0.15) is 28.9 Å². The number of nitrogens with one attached hydrogen (secondary N) is 2. The second-order valence-corrected chi connectivity index (χ2v) is 6.81. The third-order valence-electron chi connectivity index (χ3n) is 4.50. The van der Waals surface area contributed by atoms with Gasteiger partial charge in [-0.1, -0.05) is 36.4 Å². The Labute approximate surface area is 166 Å². The van der Waals surface area contributed by atoms with E-state index in [1.807, 2.05) is 42.9 Å². The fourth-order valence-electron chi connectivity index (χ4n) is 3.06. The quantitative estimate of drug-likeness (QED) is 0.378. The highest BCUT2D eigenvalue weighted by Crippen LogP contribution is 2.10. The van der Waals surface area contributed by atoms with Crippen molar-refractivity contribution in [1.82, 2.24) is 25.4 Å². The van der Waals surface area contributed by atoms with Crippen LogP contribution >= 0.6 is 0 Å². The van der Waals surface area contributed by atoms with Gasteiger partial charge in [-0.3, -0.25) is 4.99 Å². The molecular formula is C22H28N6. The van der Waals surface area contributed by atoms with E-state index in [0.29, 0.717) is 6.54 Å². The summed E-state index contributed by atoms with van der Waals surface area (Å²) in [6.07, 6.45) is 3.99. The SMILES string of the molecule is CN=C(NCCCc1ccccc1)NCc1ccc(-n2nc(C)cc2C)nc1. The van der Waals surface area contributed by atoms with Crippen molar-refractivity contribution in [3.05, 3.63) is 77.2 Å². The van der Waals surface area contributed by atoms with E-state index in [0.717, 1.165) is 48.1 Å². The van der Waals surface area contributed by atoms with E-state index in [1.165, 1.54) is 5.56 Å². The Morgan fingerprint density at radius 1 is 1.04 bits per heavy atom. The van der Waals surface area contributed by atoms with E-state index >= 15 is 0 Å². The van der Waals surface area contributed by atoms with E-state index in [4.69, 9.17) is 0 Å². The van der Waals surface area contributed by atoms with Gasteiger partial charge >= 0.3 is 0 Å². The Hall–Kier alpha value is -3.15. The fourth-order valence-corrected chi connectivity index (χ4v) is 3.06. The largest absolute Gasteiger partial charge is 0.356 e. The predicted octanol–water partition coefficient (Wildman–Crippen LogP) is 3.18. The number of aromatic nitrogens is 3. The summed E-state index contributed by atoms with van der Waals surface area (Å²) in [4.78, 5) is 8.82. The van der Waals surface area contributed by atoms with E-state index in [2.05, 4.69) is 56.0 Å². The summed E-state index contributed by atoms with van der Waals surface area (Å²) in [5, 5.41) is 11.2. The van der Waals surface area contributed by atoms with Crippen LogP contribution in [0.4, 0.5) is 0 Å². The Morgan fingerprint density at radius 2 is 1.86 bits per heavy atom. The van der Waals surface area contributed by atoms with Gasteiger partial charge in [-0.25, -0.2) is 9.67 Å². The first-order valence-corrected chi connectivity index (χ1v) is 9.63. The Balaban J connectivity index is 1.45. The maximum atomic E-state index is 4.54. The molecule has 146 valence electrons. The van der Waals surface area contributed by atoms with Crippen LogP contribution in [0.15, 0.2) is 59.7 Å². The van der Waals surface area contributed by atoms with Crippen LogP contribution in [-0.2, 0) is 13.0 Å². The molecule has 3 aromatic rings. The molecule has 1 aromatic carbocycles. The first kappa shape index (κ1) is 19.6. The minimum Gasteiger partial charge on any atom is -0.356 e. The lowest BCUT2D eigenvalue weighted by molar-refractivity contribution is 0.740. The maximum absolute atomic E-state index is 4.54. The maximum Gasteiger partial charge on any atom is 0.191 e. The third kappa shape index (κ3) is 5.42. The second kappa shape index (κ2) is 9.69. The van der Waals surface area contributed by atoms with Gasteiger partial charge in [0.2, 0.25) is 0 Å². The summed E-state index contributed by atoms with van der Waals surface area (Å²) in [6, 6.07) is 16.6. The number of hydrogen-bond donors (Lipinski definition) is 2. The van der Waals surface area contributed by atoms with Crippen molar-refractivity contribution in [3.63, 3.8) is 0 Å². The molecule has 0 radical (unpaired) electrons. The third-order valence-corrected chi connectivity index (χ3v) is 4.50. The van der Waals surface area contributed by atoms with Crippen molar-refractivity contribution >= 4 is 5.96 Å². The molecule has 2 heterocycles. The molecule has 0 saturated carbocycles. The van der Waals surface area contributed by atoms with Crippen LogP contribution in [0.5, 0.6) is 0 Å². The highest BCUT2D eigenvalue weighted by atomic mass is 15.3. The topological polar surface area (TPSA) is 67.1 Å². The van der Waals surface area contributed by atoms with Crippen molar-refractivity contribution in [2.75, 3.05) is 13.6 Å². The van der Waals surface area contributed by atoms with Crippen molar-refractivity contribution < 1.29 is 0 Å². The van der Waals surface area contributed by atoms with E-state index in [1.54, 1.807) is 7.05 Å². The fraction of sp³-hybridized carbons (Fsp3) is 0.318. The molecular weight excluding hydrogens is 348 g/mol. The summed E-state index contributed by atoms with van der Waals surface area (Å²) in [5.74, 6) is 1.63. The van der Waals surface area contributed by atoms with E-state index in [9.17, 15) is 0 Å². The number of pyridine rings is 1. The van der Waals surface area contributed by atoms with Crippen molar-refractivity contribution in [3.8, 4) is 5.82 Å². The highest BCUT2D eigenvalue weighted by molar-refractivity contribution is 5.79. The van der Waals surface area contributed by atoms with Crippen LogP contribution in [0.25, 0.3) is 5.82 Å². The molecule has 0 aliphatic carbocycles. The van der Waals surface area contributed by atoms with Crippen molar-refractivity contribution in [2.24, 2.45) is 4.99 Å². The molecule has 0 aliphatic heterocycles. The zero-order chi connectivity index (χ0) is 19.8. The molecule has 0 amide bonds. The molecule has 0 bridgehead atoms. The zero-order valence-corrected chi connectivity index (χ0v) is 16.8. The van der Waals surface area contributed by atoms with Gasteiger partial charge < -0.3 is 10.6 Å². The number of rotatable bonds is 7. The first-order chi connectivity index (χ1) is 13.7. The highest BCUT2D eigenvalue weighted by Gasteiger charge is 2.05. The number of aliphatic imine (C=N–C) groups is 1. The van der Waals surface area contributed by atoms with Crippen molar-refractivity contribution in [2.45, 2.75) is 33.2 Å². The molecule has 6 nitrogen and oxygen atoms in total. The summed E-state index contributed by atoms with van der Waals surface area (Å²) in [6.45, 7) is 5.57. The molecule has 0 unspecified atom stereocenters. The van der Waals surface area contributed by atoms with E-state index in [-0.39, 0.29) is 0 Å². The molecule has 2 aromatic heterocycles. The molecule has 3 rings (SSSR count). The molecule has 0 aliphatic rings. The smallest absolute Gasteiger partial charge is 0.191 e. The Morgan fingerprint density at radius 3 is 2.50 bits per heavy atom. The summed E-state index contributed by atoms with van der Waals surface area (Å²) in [5.41, 5.74) is 4.53. The average molecular weight is 377 g/mol. The van der Waals surface area contributed by atoms with Crippen LogP contribution in [0.3, 0.4) is 0 Å². The van der Waals surface area contributed by atoms with Gasteiger partial charge in [-0.2, -0.15) is 5.10 Å². The number of nitrogens with zero attached hydrogens (tertiary/aromatic N) is 4. The molecule has 28 heavy (non-hydrogen) atoms. The minimum absolute atomic E-state index is 0.669. The average Bonchev–Trinajstić information content (AvgIpc) is 3.06. The van der Waals surface area contributed by atoms with E-state index < -0.39 is 0 Å². The number of benzene rings is 1. The monoisotopic (exact) mass is 376 g/mol. The van der Waals surface area contributed by atoms with Gasteiger partial charge in [0.25, 0.3) is 0 Å². The second-order valence-electron chi connectivity index (χ2n) is 6.81. The normalized spacial score (nSPS) is 11.5. The van der Waals surface area contributed by atoms with Crippen LogP contribution < -0.4 is 10.6 Å². The number of guanidine groups is 1. The molecule has 0 saturated heterocycles. The van der Waals surface area contributed by atoms with Gasteiger partial charge in [-0.05, 0) is 49.9 Å².